The van der Waals surface area contributed by atoms with Crippen molar-refractivity contribution in [1.29, 1.82) is 0 Å². The lowest BCUT2D eigenvalue weighted by Crippen LogP contribution is -2.44. The Morgan fingerprint density at radius 3 is 2.38 bits per heavy atom. The number of amides is 1. The minimum Gasteiger partial charge on any atom is -0.369 e. The van der Waals surface area contributed by atoms with E-state index in [0.717, 1.165) is 72.7 Å². The van der Waals surface area contributed by atoms with Gasteiger partial charge in [-0.15, -0.1) is 0 Å². The van der Waals surface area contributed by atoms with Gasteiger partial charge in [0.05, 0.1) is 22.2 Å². The van der Waals surface area contributed by atoms with Gasteiger partial charge in [-0.1, -0.05) is 0 Å². The van der Waals surface area contributed by atoms with E-state index in [1.165, 1.54) is 5.69 Å². The van der Waals surface area contributed by atoms with Crippen LogP contribution in [0.1, 0.15) is 66.8 Å². The molecule has 3 heterocycles. The molecule has 1 amide bonds. The van der Waals surface area contributed by atoms with Gasteiger partial charge in [0, 0.05) is 49.2 Å². The fourth-order valence-corrected chi connectivity index (χ4v) is 4.78. The molecule has 2 fully saturated rings. The molecular weight excluding hydrogens is 424 g/mol. The summed E-state index contributed by atoms with van der Waals surface area (Å²) in [7, 11) is 2.17. The van der Waals surface area contributed by atoms with E-state index in [1.54, 1.807) is 0 Å². The van der Waals surface area contributed by atoms with Crippen molar-refractivity contribution in [2.45, 2.75) is 58.9 Å². The van der Waals surface area contributed by atoms with Crippen LogP contribution >= 0.6 is 0 Å². The van der Waals surface area contributed by atoms with Crippen LogP contribution in [0.3, 0.4) is 0 Å². The van der Waals surface area contributed by atoms with Crippen LogP contribution in [0.2, 0.25) is 0 Å². The molecule has 2 aliphatic rings. The summed E-state index contributed by atoms with van der Waals surface area (Å²) in [6.07, 6.45) is 2.27. The van der Waals surface area contributed by atoms with Gasteiger partial charge in [-0.3, -0.25) is 4.79 Å². The molecule has 0 atom stereocenters. The molecule has 1 aliphatic carbocycles. The highest BCUT2D eigenvalue weighted by molar-refractivity contribution is 6.13. The fraction of sp³-hybridized carbons (Fsp3) is 0.519. The predicted molar refractivity (Wildman–Crippen MR) is 138 cm³/mol. The highest BCUT2D eigenvalue weighted by Crippen LogP contribution is 2.41. The molecule has 7 nitrogen and oxygen atoms in total. The number of aromatic nitrogens is 3. The highest BCUT2D eigenvalue weighted by atomic mass is 16.1. The van der Waals surface area contributed by atoms with Crippen LogP contribution in [-0.4, -0.2) is 58.8 Å². The summed E-state index contributed by atoms with van der Waals surface area (Å²) in [5.74, 6) is 0.352. The van der Waals surface area contributed by atoms with Crippen molar-refractivity contribution in [3.05, 3.63) is 46.8 Å². The third-order valence-corrected chi connectivity index (χ3v) is 7.03. The summed E-state index contributed by atoms with van der Waals surface area (Å²) in [6.45, 7) is 14.6. The topological polar surface area (TPSA) is 66.3 Å². The number of fused-ring (bicyclic) bond motifs is 1. The number of likely N-dealkylation sites (N-methyl/N-ethyl adjacent to an activating group) is 1. The van der Waals surface area contributed by atoms with E-state index in [2.05, 4.69) is 62.0 Å². The monoisotopic (exact) mass is 460 g/mol. The molecule has 0 spiro atoms. The van der Waals surface area contributed by atoms with Crippen molar-refractivity contribution >= 4 is 28.3 Å². The summed E-state index contributed by atoms with van der Waals surface area (Å²) in [4.78, 5) is 23.4. The summed E-state index contributed by atoms with van der Waals surface area (Å²) in [5, 5.41) is 8.82. The molecule has 34 heavy (non-hydrogen) atoms. The van der Waals surface area contributed by atoms with Crippen LogP contribution in [0.15, 0.2) is 24.3 Å². The Balaban J connectivity index is 1.47. The summed E-state index contributed by atoms with van der Waals surface area (Å²) >= 11 is 0. The molecular formula is C27H36N6O. The Hall–Kier alpha value is -2.93. The van der Waals surface area contributed by atoms with E-state index in [4.69, 9.17) is 10.1 Å². The third-order valence-electron chi connectivity index (χ3n) is 7.03. The number of carbonyl (C=O) groups excluding carboxylic acids is 1. The van der Waals surface area contributed by atoms with Gasteiger partial charge in [0.2, 0.25) is 0 Å². The normalized spacial score (nSPS) is 17.4. The minimum absolute atomic E-state index is 0.0960. The fourth-order valence-electron chi connectivity index (χ4n) is 4.78. The van der Waals surface area contributed by atoms with Crippen molar-refractivity contribution in [1.82, 2.24) is 19.7 Å². The molecule has 0 bridgehead atoms. The van der Waals surface area contributed by atoms with Crippen LogP contribution in [0.5, 0.6) is 0 Å². The maximum absolute atomic E-state index is 13.6. The lowest BCUT2D eigenvalue weighted by molar-refractivity contribution is 0.102. The van der Waals surface area contributed by atoms with Gasteiger partial charge < -0.3 is 15.1 Å². The molecule has 1 N–H and O–H groups in total. The first-order valence-corrected chi connectivity index (χ1v) is 12.4. The van der Waals surface area contributed by atoms with Gasteiger partial charge in [0.25, 0.3) is 5.91 Å². The highest BCUT2D eigenvalue weighted by Gasteiger charge is 2.30. The molecule has 3 aromatic rings. The minimum atomic E-state index is -0.217. The Kier molecular flexibility index (Phi) is 5.63. The number of aryl methyl sites for hydroxylation is 2. The molecule has 1 saturated carbocycles. The van der Waals surface area contributed by atoms with E-state index in [0.29, 0.717) is 11.5 Å². The van der Waals surface area contributed by atoms with E-state index in [-0.39, 0.29) is 11.4 Å². The number of rotatable bonds is 4. The molecule has 1 saturated heterocycles. The Morgan fingerprint density at radius 1 is 1.06 bits per heavy atom. The number of benzene rings is 1. The van der Waals surface area contributed by atoms with E-state index >= 15 is 0 Å². The summed E-state index contributed by atoms with van der Waals surface area (Å²) in [5.41, 5.74) is 6.24. The molecule has 5 rings (SSSR count). The van der Waals surface area contributed by atoms with Crippen LogP contribution < -0.4 is 10.2 Å². The largest absolute Gasteiger partial charge is 0.369 e. The zero-order valence-electron chi connectivity index (χ0n) is 21.3. The molecule has 0 unspecified atom stereocenters. The van der Waals surface area contributed by atoms with Crippen molar-refractivity contribution in [2.75, 3.05) is 43.4 Å². The van der Waals surface area contributed by atoms with E-state index < -0.39 is 0 Å². The number of pyridine rings is 1. The zero-order chi connectivity index (χ0) is 24.2. The predicted octanol–water partition coefficient (Wildman–Crippen LogP) is 4.68. The number of hydrogen-bond acceptors (Lipinski definition) is 5. The SMILES string of the molecule is Cc1cc(N2CCN(C)CC2)ccc1NC(=O)c1cc(C2CC2)nc2c1c(C)nn2C(C)(C)C. The first kappa shape index (κ1) is 22.8. The van der Waals surface area contributed by atoms with Crippen LogP contribution in [-0.2, 0) is 5.54 Å². The summed E-state index contributed by atoms with van der Waals surface area (Å²) < 4.78 is 1.97. The van der Waals surface area contributed by atoms with Crippen molar-refractivity contribution in [2.24, 2.45) is 0 Å². The number of nitrogens with one attached hydrogen (secondary N) is 1. The third kappa shape index (κ3) is 4.29. The molecule has 2 aromatic heterocycles. The van der Waals surface area contributed by atoms with Crippen LogP contribution in [0, 0.1) is 13.8 Å². The zero-order valence-corrected chi connectivity index (χ0v) is 21.3. The second-order valence-corrected chi connectivity index (χ2v) is 11.0. The van der Waals surface area contributed by atoms with Crippen molar-refractivity contribution < 1.29 is 4.79 Å². The van der Waals surface area contributed by atoms with E-state index in [9.17, 15) is 4.79 Å². The Labute approximate surface area is 202 Å². The van der Waals surface area contributed by atoms with Gasteiger partial charge in [-0.05, 0) is 84.3 Å². The second kappa shape index (κ2) is 8.38. The van der Waals surface area contributed by atoms with Gasteiger partial charge >= 0.3 is 0 Å². The number of hydrogen-bond donors (Lipinski definition) is 1. The quantitative estimate of drug-likeness (QED) is 0.612. The average Bonchev–Trinajstić information content (AvgIpc) is 3.58. The first-order valence-electron chi connectivity index (χ1n) is 12.4. The lowest BCUT2D eigenvalue weighted by Gasteiger charge is -2.34. The van der Waals surface area contributed by atoms with Crippen LogP contribution in [0.25, 0.3) is 11.0 Å². The second-order valence-electron chi connectivity index (χ2n) is 11.0. The Bertz CT molecular complexity index is 1240. The van der Waals surface area contributed by atoms with Crippen molar-refractivity contribution in [3.8, 4) is 0 Å². The number of piperazine rings is 1. The van der Waals surface area contributed by atoms with Gasteiger partial charge in [-0.2, -0.15) is 5.10 Å². The number of carbonyl (C=O) groups is 1. The maximum Gasteiger partial charge on any atom is 0.256 e. The molecule has 7 heteroatoms. The molecule has 1 aliphatic heterocycles. The molecule has 180 valence electrons. The smallest absolute Gasteiger partial charge is 0.256 e. The number of anilines is 2. The lowest BCUT2D eigenvalue weighted by atomic mass is 10.1. The van der Waals surface area contributed by atoms with Gasteiger partial charge in [0.1, 0.15) is 0 Å². The van der Waals surface area contributed by atoms with Gasteiger partial charge in [-0.25, -0.2) is 9.67 Å². The molecule has 0 radical (unpaired) electrons. The molecule has 1 aromatic carbocycles. The Morgan fingerprint density at radius 2 is 1.76 bits per heavy atom. The maximum atomic E-state index is 13.6. The first-order chi connectivity index (χ1) is 16.1. The van der Waals surface area contributed by atoms with Crippen LogP contribution in [0.4, 0.5) is 11.4 Å². The average molecular weight is 461 g/mol. The number of nitrogens with zero attached hydrogens (tertiary/aromatic N) is 5. The standard InChI is InChI=1S/C27H36N6O/c1-17-15-20(32-13-11-31(6)12-14-32)9-10-22(17)29-26(34)21-16-23(19-7-8-19)28-25-24(21)18(2)30-33(25)27(3,4)5/h9-10,15-16,19H,7-8,11-14H2,1-6H3,(H,29,34). The van der Waals surface area contributed by atoms with Gasteiger partial charge in [0.15, 0.2) is 5.65 Å². The summed E-state index contributed by atoms with van der Waals surface area (Å²) in [6, 6.07) is 8.33. The van der Waals surface area contributed by atoms with Crippen molar-refractivity contribution in [3.63, 3.8) is 0 Å². The van der Waals surface area contributed by atoms with E-state index in [1.807, 2.05) is 23.7 Å².